The van der Waals surface area contributed by atoms with Crippen LogP contribution in [0.4, 0.5) is 0 Å². The number of carbonyl (C=O) groups excluding carboxylic acids is 1. The summed E-state index contributed by atoms with van der Waals surface area (Å²) in [6, 6.07) is 21.6. The van der Waals surface area contributed by atoms with Gasteiger partial charge >= 0.3 is 0 Å². The Labute approximate surface area is 182 Å². The molecule has 5 heteroatoms. The van der Waals surface area contributed by atoms with Crippen molar-refractivity contribution in [1.29, 1.82) is 0 Å². The van der Waals surface area contributed by atoms with E-state index < -0.39 is 0 Å². The zero-order valence-electron chi connectivity index (χ0n) is 18.0. The molecule has 0 spiro atoms. The lowest BCUT2D eigenvalue weighted by molar-refractivity contribution is -0.123. The number of nitrogens with zero attached hydrogens (tertiary/aromatic N) is 1. The molecule has 5 nitrogen and oxygen atoms in total. The highest BCUT2D eigenvalue weighted by Gasteiger charge is 2.11. The summed E-state index contributed by atoms with van der Waals surface area (Å²) in [6.45, 7) is 6.66. The van der Waals surface area contributed by atoms with Crippen LogP contribution in [0.3, 0.4) is 0 Å². The Morgan fingerprint density at radius 2 is 1.84 bits per heavy atom. The maximum absolute atomic E-state index is 12.3. The first-order valence-corrected chi connectivity index (χ1v) is 10.4. The summed E-state index contributed by atoms with van der Waals surface area (Å²) in [5, 5.41) is 2.91. The molecule has 1 amide bonds. The number of rotatable bonds is 7. The summed E-state index contributed by atoms with van der Waals surface area (Å²) >= 11 is 0. The highest BCUT2D eigenvalue weighted by Crippen LogP contribution is 2.27. The van der Waals surface area contributed by atoms with Gasteiger partial charge in [0.05, 0.1) is 0 Å². The number of hydrogen-bond donors (Lipinski definition) is 1. The molecule has 0 radical (unpaired) electrons. The summed E-state index contributed by atoms with van der Waals surface area (Å²) < 4.78 is 11.6. The molecule has 0 saturated carbocycles. The van der Waals surface area contributed by atoms with Crippen LogP contribution >= 0.6 is 0 Å². The monoisotopic (exact) mass is 414 g/mol. The average Bonchev–Trinajstić information content (AvgIpc) is 3.21. The van der Waals surface area contributed by atoms with Crippen LogP contribution in [0.2, 0.25) is 0 Å². The number of aromatic nitrogens is 1. The van der Waals surface area contributed by atoms with Crippen LogP contribution in [-0.4, -0.2) is 17.5 Å². The van der Waals surface area contributed by atoms with E-state index >= 15 is 0 Å². The Bertz CT molecular complexity index is 1160. The molecule has 31 heavy (non-hydrogen) atoms. The molecule has 0 bridgehead atoms. The molecule has 0 atom stereocenters. The first kappa shape index (κ1) is 20.7. The molecule has 1 N–H and O–H groups in total. The van der Waals surface area contributed by atoms with Crippen LogP contribution in [0.1, 0.15) is 36.5 Å². The highest BCUT2D eigenvalue weighted by atomic mass is 16.5. The fourth-order valence-electron chi connectivity index (χ4n) is 3.40. The molecule has 4 aromatic rings. The number of carbonyl (C=O) groups is 1. The summed E-state index contributed by atoms with van der Waals surface area (Å²) in [5.41, 5.74) is 5.71. The van der Waals surface area contributed by atoms with Crippen molar-refractivity contribution in [2.75, 3.05) is 6.61 Å². The van der Waals surface area contributed by atoms with E-state index in [0.29, 0.717) is 18.4 Å². The van der Waals surface area contributed by atoms with Gasteiger partial charge in [0, 0.05) is 12.1 Å². The van der Waals surface area contributed by atoms with Gasteiger partial charge < -0.3 is 14.5 Å². The lowest BCUT2D eigenvalue weighted by atomic mass is 10.0. The smallest absolute Gasteiger partial charge is 0.258 e. The van der Waals surface area contributed by atoms with E-state index in [2.05, 4.69) is 36.3 Å². The molecule has 0 fully saturated rings. The minimum Gasteiger partial charge on any atom is -0.483 e. The van der Waals surface area contributed by atoms with Crippen molar-refractivity contribution in [1.82, 2.24) is 10.3 Å². The quantitative estimate of drug-likeness (QED) is 0.426. The third-order valence-electron chi connectivity index (χ3n) is 5.13. The second-order valence-corrected chi connectivity index (χ2v) is 7.95. The van der Waals surface area contributed by atoms with E-state index in [1.54, 1.807) is 0 Å². The van der Waals surface area contributed by atoms with Crippen LogP contribution in [0.25, 0.3) is 22.6 Å². The average molecular weight is 415 g/mol. The Morgan fingerprint density at radius 3 is 2.58 bits per heavy atom. The largest absolute Gasteiger partial charge is 0.483 e. The van der Waals surface area contributed by atoms with E-state index in [4.69, 9.17) is 9.15 Å². The number of nitrogens with one attached hydrogen (secondary N) is 1. The Balaban J connectivity index is 1.33. The zero-order valence-corrected chi connectivity index (χ0v) is 18.0. The topological polar surface area (TPSA) is 64.4 Å². The number of fused-ring (bicyclic) bond motifs is 1. The van der Waals surface area contributed by atoms with Gasteiger partial charge in [-0.3, -0.25) is 4.79 Å². The fourth-order valence-corrected chi connectivity index (χ4v) is 3.40. The summed E-state index contributed by atoms with van der Waals surface area (Å²) in [4.78, 5) is 16.8. The number of hydrogen-bond acceptors (Lipinski definition) is 4. The lowest BCUT2D eigenvalue weighted by Gasteiger charge is -2.15. The van der Waals surface area contributed by atoms with Crippen LogP contribution in [0.5, 0.6) is 5.75 Å². The van der Waals surface area contributed by atoms with Crippen LogP contribution in [0, 0.1) is 6.92 Å². The molecule has 0 aliphatic heterocycles. The summed E-state index contributed by atoms with van der Waals surface area (Å²) in [7, 11) is 0. The predicted molar refractivity (Wildman–Crippen MR) is 122 cm³/mol. The SMILES string of the molecule is Cc1ccc(C(C)C)c(OCC(=O)NCc2ccc(-c3nc4ccccc4o3)cc2)c1. The molecule has 0 saturated heterocycles. The van der Waals surface area contributed by atoms with Gasteiger partial charge in [-0.1, -0.05) is 50.2 Å². The van der Waals surface area contributed by atoms with Crippen molar-refractivity contribution in [2.24, 2.45) is 0 Å². The lowest BCUT2D eigenvalue weighted by Crippen LogP contribution is -2.28. The normalized spacial score (nSPS) is 11.1. The van der Waals surface area contributed by atoms with E-state index in [1.807, 2.05) is 61.5 Å². The minimum absolute atomic E-state index is 0.00976. The third kappa shape index (κ3) is 4.94. The van der Waals surface area contributed by atoms with Gasteiger partial charge in [-0.25, -0.2) is 4.98 Å². The summed E-state index contributed by atoms with van der Waals surface area (Å²) in [5.74, 6) is 1.54. The Kier molecular flexibility index (Phi) is 6.03. The highest BCUT2D eigenvalue weighted by molar-refractivity contribution is 5.78. The number of ether oxygens (including phenoxy) is 1. The van der Waals surface area contributed by atoms with Crippen molar-refractivity contribution >= 4 is 17.0 Å². The number of benzene rings is 3. The van der Waals surface area contributed by atoms with Gasteiger partial charge in [0.15, 0.2) is 12.2 Å². The molecule has 0 aliphatic rings. The minimum atomic E-state index is -0.153. The molecular weight excluding hydrogens is 388 g/mol. The van der Waals surface area contributed by atoms with Crippen LogP contribution < -0.4 is 10.1 Å². The van der Waals surface area contributed by atoms with E-state index in [1.165, 1.54) is 0 Å². The van der Waals surface area contributed by atoms with E-state index in [0.717, 1.165) is 39.1 Å². The molecule has 1 heterocycles. The standard InChI is InChI=1S/C26H26N2O3/c1-17(2)21-13-8-18(3)14-24(21)30-16-25(29)27-15-19-9-11-20(12-10-19)26-28-22-6-4-5-7-23(22)31-26/h4-14,17H,15-16H2,1-3H3,(H,27,29). The molecular formula is C26H26N2O3. The first-order chi connectivity index (χ1) is 15.0. The van der Waals surface area contributed by atoms with E-state index in [-0.39, 0.29) is 12.5 Å². The number of aryl methyl sites for hydroxylation is 1. The number of amides is 1. The fraction of sp³-hybridized carbons (Fsp3) is 0.231. The molecule has 0 aliphatic carbocycles. The van der Waals surface area contributed by atoms with Crippen LogP contribution in [0.15, 0.2) is 71.1 Å². The maximum Gasteiger partial charge on any atom is 0.258 e. The van der Waals surface area contributed by atoms with Crippen molar-refractivity contribution in [3.05, 3.63) is 83.4 Å². The molecule has 3 aromatic carbocycles. The van der Waals surface area contributed by atoms with Crippen molar-refractivity contribution in [3.63, 3.8) is 0 Å². The van der Waals surface area contributed by atoms with E-state index in [9.17, 15) is 4.79 Å². The maximum atomic E-state index is 12.3. The number of oxazole rings is 1. The van der Waals surface area contributed by atoms with Crippen molar-refractivity contribution in [3.8, 4) is 17.2 Å². The van der Waals surface area contributed by atoms with Gasteiger partial charge in [-0.2, -0.15) is 0 Å². The van der Waals surface area contributed by atoms with Gasteiger partial charge in [0.25, 0.3) is 5.91 Å². The van der Waals surface area contributed by atoms with Crippen molar-refractivity contribution < 1.29 is 13.9 Å². The summed E-state index contributed by atoms with van der Waals surface area (Å²) in [6.07, 6.45) is 0. The molecule has 0 unspecified atom stereocenters. The van der Waals surface area contributed by atoms with Crippen LogP contribution in [-0.2, 0) is 11.3 Å². The second kappa shape index (κ2) is 9.04. The Hall–Kier alpha value is -3.60. The third-order valence-corrected chi connectivity index (χ3v) is 5.13. The molecule has 1 aromatic heterocycles. The van der Waals surface area contributed by atoms with Gasteiger partial charge in [-0.15, -0.1) is 0 Å². The predicted octanol–water partition coefficient (Wildman–Crippen LogP) is 5.62. The van der Waals surface area contributed by atoms with Gasteiger partial charge in [-0.05, 0) is 59.9 Å². The first-order valence-electron chi connectivity index (χ1n) is 10.4. The second-order valence-electron chi connectivity index (χ2n) is 7.95. The zero-order chi connectivity index (χ0) is 21.8. The molecule has 158 valence electrons. The Morgan fingerprint density at radius 1 is 1.06 bits per heavy atom. The number of para-hydroxylation sites is 2. The van der Waals surface area contributed by atoms with Gasteiger partial charge in [0.1, 0.15) is 11.3 Å². The molecule has 4 rings (SSSR count). The van der Waals surface area contributed by atoms with Gasteiger partial charge in [0.2, 0.25) is 5.89 Å². The van der Waals surface area contributed by atoms with Crippen molar-refractivity contribution in [2.45, 2.75) is 33.2 Å².